The van der Waals surface area contributed by atoms with Crippen LogP contribution in [0.4, 0.5) is 0 Å². The van der Waals surface area contributed by atoms with Crippen molar-refractivity contribution in [1.82, 2.24) is 0 Å². The molecule has 18 heavy (non-hydrogen) atoms. The molecule has 1 aliphatic carbocycles. The Kier molecular flexibility index (Phi) is 4.14. The van der Waals surface area contributed by atoms with Crippen molar-refractivity contribution in [2.45, 2.75) is 37.5 Å². The SMILES string of the molecule is ClC(c1cc2c(s1)CCCCC2)c1sccc1Br. The molecule has 0 nitrogen and oxygen atoms in total. The van der Waals surface area contributed by atoms with E-state index in [-0.39, 0.29) is 5.38 Å². The van der Waals surface area contributed by atoms with Gasteiger partial charge in [0.25, 0.3) is 0 Å². The molecule has 0 bridgehead atoms. The summed E-state index contributed by atoms with van der Waals surface area (Å²) in [5.41, 5.74) is 1.55. The summed E-state index contributed by atoms with van der Waals surface area (Å²) >= 11 is 13.9. The lowest BCUT2D eigenvalue weighted by Crippen LogP contribution is -1.87. The molecule has 1 atom stereocenters. The molecule has 0 saturated heterocycles. The van der Waals surface area contributed by atoms with Gasteiger partial charge in [-0.25, -0.2) is 0 Å². The van der Waals surface area contributed by atoms with Crippen LogP contribution in [-0.4, -0.2) is 0 Å². The van der Waals surface area contributed by atoms with Gasteiger partial charge in [0, 0.05) is 19.1 Å². The summed E-state index contributed by atoms with van der Waals surface area (Å²) in [6, 6.07) is 4.42. The number of rotatable bonds is 2. The van der Waals surface area contributed by atoms with Crippen LogP contribution < -0.4 is 0 Å². The minimum atomic E-state index is 0.0105. The summed E-state index contributed by atoms with van der Waals surface area (Å²) in [6.07, 6.45) is 6.52. The zero-order valence-electron chi connectivity index (χ0n) is 9.92. The zero-order chi connectivity index (χ0) is 12.5. The Hall–Kier alpha value is 0.170. The standard InChI is InChI=1S/C14H14BrClS2/c15-10-6-7-17-14(10)13(16)12-8-9-4-2-1-3-5-11(9)18-12/h6-8,13H,1-5H2. The fraction of sp³-hybridized carbons (Fsp3) is 0.429. The number of aryl methyl sites for hydroxylation is 2. The number of fused-ring (bicyclic) bond motifs is 1. The third-order valence-corrected chi connectivity index (χ3v) is 7.34. The summed E-state index contributed by atoms with van der Waals surface area (Å²) in [5.74, 6) is 0. The third-order valence-electron chi connectivity index (χ3n) is 3.39. The van der Waals surface area contributed by atoms with Crippen molar-refractivity contribution in [3.8, 4) is 0 Å². The van der Waals surface area contributed by atoms with E-state index in [0.29, 0.717) is 0 Å². The number of halogens is 2. The first-order valence-corrected chi connectivity index (χ1v) is 9.16. The Bertz CT molecular complexity index is 520. The van der Waals surface area contributed by atoms with Crippen LogP contribution in [0.5, 0.6) is 0 Å². The molecule has 0 saturated carbocycles. The highest BCUT2D eigenvalue weighted by Crippen LogP contribution is 2.42. The van der Waals surface area contributed by atoms with E-state index in [1.54, 1.807) is 21.8 Å². The topological polar surface area (TPSA) is 0 Å². The van der Waals surface area contributed by atoms with Crippen molar-refractivity contribution >= 4 is 50.2 Å². The van der Waals surface area contributed by atoms with Crippen molar-refractivity contribution in [2.24, 2.45) is 0 Å². The number of thiophene rings is 2. The van der Waals surface area contributed by atoms with Gasteiger partial charge in [0.1, 0.15) is 5.38 Å². The van der Waals surface area contributed by atoms with Crippen LogP contribution in [0.25, 0.3) is 0 Å². The molecule has 3 rings (SSSR count). The van der Waals surface area contributed by atoms with Crippen molar-refractivity contribution < 1.29 is 0 Å². The van der Waals surface area contributed by atoms with Gasteiger partial charge in [0.05, 0.1) is 0 Å². The minimum Gasteiger partial charge on any atom is -0.146 e. The van der Waals surface area contributed by atoms with Crippen LogP contribution in [0, 0.1) is 0 Å². The summed E-state index contributed by atoms with van der Waals surface area (Å²) in [4.78, 5) is 4.11. The molecule has 0 aromatic carbocycles. The fourth-order valence-corrected chi connectivity index (χ4v) is 5.95. The molecule has 0 amide bonds. The minimum absolute atomic E-state index is 0.0105. The molecule has 1 aliphatic rings. The summed E-state index contributed by atoms with van der Waals surface area (Å²) in [5, 5.41) is 2.10. The molecule has 2 aromatic rings. The van der Waals surface area contributed by atoms with Crippen LogP contribution in [-0.2, 0) is 12.8 Å². The predicted molar refractivity (Wildman–Crippen MR) is 85.3 cm³/mol. The maximum atomic E-state index is 6.63. The van der Waals surface area contributed by atoms with E-state index in [1.165, 1.54) is 41.9 Å². The Balaban J connectivity index is 1.91. The molecule has 1 unspecified atom stereocenters. The van der Waals surface area contributed by atoms with E-state index in [0.717, 1.165) is 4.47 Å². The maximum absolute atomic E-state index is 6.63. The Morgan fingerprint density at radius 2 is 2.06 bits per heavy atom. The van der Waals surface area contributed by atoms with Crippen molar-refractivity contribution in [1.29, 1.82) is 0 Å². The largest absolute Gasteiger partial charge is 0.146 e. The molecular weight excluding hydrogens is 348 g/mol. The molecule has 96 valence electrons. The summed E-state index contributed by atoms with van der Waals surface area (Å²) in [7, 11) is 0. The molecule has 2 aromatic heterocycles. The monoisotopic (exact) mass is 360 g/mol. The molecule has 4 heteroatoms. The van der Waals surface area contributed by atoms with Crippen LogP contribution in [0.3, 0.4) is 0 Å². The second-order valence-corrected chi connectivity index (χ2v) is 8.06. The maximum Gasteiger partial charge on any atom is 0.103 e. The summed E-state index contributed by atoms with van der Waals surface area (Å²) < 4.78 is 1.14. The summed E-state index contributed by atoms with van der Waals surface area (Å²) in [6.45, 7) is 0. The van der Waals surface area contributed by atoms with Crippen LogP contribution >= 0.6 is 50.2 Å². The van der Waals surface area contributed by atoms with Crippen LogP contribution in [0.1, 0.15) is 44.8 Å². The third kappa shape index (κ3) is 2.55. The fourth-order valence-electron chi connectivity index (χ4n) is 2.43. The lowest BCUT2D eigenvalue weighted by atomic mass is 10.1. The van der Waals surface area contributed by atoms with Crippen molar-refractivity contribution in [2.75, 3.05) is 0 Å². The van der Waals surface area contributed by atoms with E-state index in [9.17, 15) is 0 Å². The first-order valence-electron chi connectivity index (χ1n) is 6.24. The van der Waals surface area contributed by atoms with Gasteiger partial charge in [-0.3, -0.25) is 0 Å². The molecule has 0 radical (unpaired) electrons. The normalized spacial score (nSPS) is 17.2. The molecule has 2 heterocycles. The van der Waals surface area contributed by atoms with E-state index in [4.69, 9.17) is 11.6 Å². The smallest absolute Gasteiger partial charge is 0.103 e. The van der Waals surface area contributed by atoms with Gasteiger partial charge in [0.15, 0.2) is 0 Å². The van der Waals surface area contributed by atoms with Crippen molar-refractivity contribution in [3.05, 3.63) is 42.2 Å². The Labute approximate surface area is 129 Å². The second kappa shape index (κ2) is 5.66. The Morgan fingerprint density at radius 1 is 1.22 bits per heavy atom. The quantitative estimate of drug-likeness (QED) is 0.443. The van der Waals surface area contributed by atoms with Gasteiger partial charge in [-0.1, -0.05) is 6.42 Å². The van der Waals surface area contributed by atoms with Gasteiger partial charge < -0.3 is 0 Å². The Morgan fingerprint density at radius 3 is 2.83 bits per heavy atom. The second-order valence-electron chi connectivity index (χ2n) is 4.65. The van der Waals surface area contributed by atoms with Gasteiger partial charge in [0.2, 0.25) is 0 Å². The van der Waals surface area contributed by atoms with Gasteiger partial charge in [-0.2, -0.15) is 0 Å². The lowest BCUT2D eigenvalue weighted by Gasteiger charge is -2.05. The molecule has 0 N–H and O–H groups in total. The first-order chi connectivity index (χ1) is 8.75. The first kappa shape index (κ1) is 13.2. The average molecular weight is 362 g/mol. The molecular formula is C14H14BrClS2. The van der Waals surface area contributed by atoms with E-state index in [2.05, 4.69) is 33.4 Å². The highest BCUT2D eigenvalue weighted by molar-refractivity contribution is 9.10. The van der Waals surface area contributed by atoms with Crippen LogP contribution in [0.2, 0.25) is 0 Å². The van der Waals surface area contributed by atoms with Gasteiger partial charge in [-0.05, 0) is 64.7 Å². The predicted octanol–water partition coefficient (Wildman–Crippen LogP) is 6.17. The molecule has 0 aliphatic heterocycles. The lowest BCUT2D eigenvalue weighted by molar-refractivity contribution is 0.712. The average Bonchev–Trinajstić information content (AvgIpc) is 2.90. The van der Waals surface area contributed by atoms with E-state index in [1.807, 2.05) is 11.3 Å². The van der Waals surface area contributed by atoms with Crippen molar-refractivity contribution in [3.63, 3.8) is 0 Å². The molecule has 0 fully saturated rings. The van der Waals surface area contributed by atoms with Gasteiger partial charge >= 0.3 is 0 Å². The number of hydrogen-bond acceptors (Lipinski definition) is 2. The van der Waals surface area contributed by atoms with E-state index >= 15 is 0 Å². The van der Waals surface area contributed by atoms with E-state index < -0.39 is 0 Å². The molecule has 0 spiro atoms. The number of hydrogen-bond donors (Lipinski definition) is 0. The van der Waals surface area contributed by atoms with Gasteiger partial charge in [-0.15, -0.1) is 34.3 Å². The highest BCUT2D eigenvalue weighted by atomic mass is 79.9. The number of alkyl halides is 1. The highest BCUT2D eigenvalue weighted by Gasteiger charge is 2.20. The van der Waals surface area contributed by atoms with Crippen LogP contribution in [0.15, 0.2) is 22.0 Å². The zero-order valence-corrected chi connectivity index (χ0v) is 13.9.